The van der Waals surface area contributed by atoms with E-state index in [2.05, 4.69) is 27.7 Å². The lowest BCUT2D eigenvalue weighted by molar-refractivity contribution is 0.0722. The minimum atomic E-state index is -0.737. The predicted octanol–water partition coefficient (Wildman–Crippen LogP) is 8.20. The number of hydrogen-bond acceptors (Lipinski definition) is 9. The number of rotatable bonds is 20. The number of esters is 2. The quantitative estimate of drug-likeness (QED) is 0.0898. The zero-order valence-corrected chi connectivity index (χ0v) is 27.4. The van der Waals surface area contributed by atoms with Gasteiger partial charge in [-0.25, -0.2) is 9.59 Å². The van der Waals surface area contributed by atoms with Gasteiger partial charge in [-0.1, -0.05) is 53.4 Å². The lowest BCUT2D eigenvalue weighted by atomic mass is 10.2. The number of unbranched alkanes of at least 4 members (excludes halogenated alkanes) is 4. The molecule has 0 spiro atoms. The molecule has 0 saturated carbocycles. The van der Waals surface area contributed by atoms with Crippen LogP contribution in [0.25, 0.3) is 0 Å². The van der Waals surface area contributed by atoms with Gasteiger partial charge in [0, 0.05) is 0 Å². The molecule has 0 aromatic heterocycles. The zero-order chi connectivity index (χ0) is 33.1. The third-order valence-corrected chi connectivity index (χ3v) is 6.83. The van der Waals surface area contributed by atoms with Crippen molar-refractivity contribution in [1.29, 1.82) is 0 Å². The molecule has 0 N–H and O–H groups in total. The first-order valence-electron chi connectivity index (χ1n) is 16.3. The molecule has 0 aliphatic carbocycles. The molecule has 3 rings (SSSR count). The number of benzene rings is 2. The molecule has 0 unspecified atom stereocenters. The first-order valence-corrected chi connectivity index (χ1v) is 16.3. The predicted molar refractivity (Wildman–Crippen MR) is 177 cm³/mol. The van der Waals surface area contributed by atoms with Crippen molar-refractivity contribution in [2.45, 2.75) is 79.1 Å². The Balaban J connectivity index is 1.74. The van der Waals surface area contributed by atoms with Crippen molar-refractivity contribution < 1.29 is 38.0 Å². The molecule has 0 aliphatic rings. The molecular formula is C37H46O9. The molecule has 0 saturated heterocycles. The Bertz CT molecular complexity index is 1470. The van der Waals surface area contributed by atoms with Crippen molar-refractivity contribution in [3.05, 3.63) is 82.0 Å². The standard InChI is InChI=1S/C37H46O9/c1-5-9-21-41-32-18-13-27(25-34(32)43-23-11-7-3)36(39)45-29-15-17-30(38)31(20-16-29)46-37(40)28-14-19-33(42-22-10-6-2)35(26-28)44-24-12-8-4/h13-20,25-26H,5-12,21-24H2,1-4H3. The van der Waals surface area contributed by atoms with E-state index in [1.54, 1.807) is 36.4 Å². The van der Waals surface area contributed by atoms with E-state index in [-0.39, 0.29) is 22.6 Å². The lowest BCUT2D eigenvalue weighted by Crippen LogP contribution is -2.13. The van der Waals surface area contributed by atoms with Gasteiger partial charge in [0.05, 0.1) is 37.6 Å². The highest BCUT2D eigenvalue weighted by molar-refractivity contribution is 5.92. The van der Waals surface area contributed by atoms with Crippen LogP contribution in [0.4, 0.5) is 0 Å². The molecule has 0 aliphatic heterocycles. The van der Waals surface area contributed by atoms with Crippen molar-refractivity contribution in [1.82, 2.24) is 0 Å². The average Bonchev–Trinajstić information content (AvgIpc) is 3.23. The highest BCUT2D eigenvalue weighted by Crippen LogP contribution is 2.31. The van der Waals surface area contributed by atoms with Gasteiger partial charge in [-0.05, 0) is 86.3 Å². The molecule has 3 aromatic carbocycles. The monoisotopic (exact) mass is 634 g/mol. The Morgan fingerprint density at radius 3 is 1.33 bits per heavy atom. The van der Waals surface area contributed by atoms with Crippen molar-refractivity contribution >= 4 is 11.9 Å². The molecule has 0 amide bonds. The van der Waals surface area contributed by atoms with Crippen LogP contribution >= 0.6 is 0 Å². The second-order valence-corrected chi connectivity index (χ2v) is 10.7. The number of carbonyl (C=O) groups excluding carboxylic acids is 2. The number of hydrogen-bond donors (Lipinski definition) is 0. The molecule has 9 nitrogen and oxygen atoms in total. The van der Waals surface area contributed by atoms with Gasteiger partial charge in [0.15, 0.2) is 28.7 Å². The fourth-order valence-corrected chi connectivity index (χ4v) is 4.05. The summed E-state index contributed by atoms with van der Waals surface area (Å²) in [7, 11) is 0. The number of carbonyl (C=O) groups is 2. The van der Waals surface area contributed by atoms with Gasteiger partial charge >= 0.3 is 11.9 Å². The van der Waals surface area contributed by atoms with Gasteiger partial charge in [-0.15, -0.1) is 0 Å². The summed E-state index contributed by atoms with van der Waals surface area (Å²) in [6.07, 6.45) is 7.40. The Morgan fingerprint density at radius 2 is 0.870 bits per heavy atom. The Labute approximate surface area is 271 Å². The SMILES string of the molecule is CCCCOc1ccc(C(=O)Oc2ccc(OC(=O)c3ccc(OCCCC)c(OCCCC)c3)c(=O)cc2)cc1OCCCC. The van der Waals surface area contributed by atoms with E-state index in [0.29, 0.717) is 49.4 Å². The van der Waals surface area contributed by atoms with Crippen LogP contribution in [0.15, 0.2) is 65.5 Å². The van der Waals surface area contributed by atoms with Crippen LogP contribution in [0.1, 0.15) is 99.8 Å². The largest absolute Gasteiger partial charge is 0.490 e. The van der Waals surface area contributed by atoms with Crippen molar-refractivity contribution in [3.8, 4) is 34.5 Å². The molecule has 3 aromatic rings. The van der Waals surface area contributed by atoms with Crippen molar-refractivity contribution in [2.75, 3.05) is 26.4 Å². The maximum Gasteiger partial charge on any atom is 0.343 e. The van der Waals surface area contributed by atoms with Crippen LogP contribution in [-0.4, -0.2) is 38.4 Å². The summed E-state index contributed by atoms with van der Waals surface area (Å²) in [4.78, 5) is 38.8. The van der Waals surface area contributed by atoms with Crippen LogP contribution in [0.2, 0.25) is 0 Å². The molecule has 248 valence electrons. The zero-order valence-electron chi connectivity index (χ0n) is 27.4. The maximum atomic E-state index is 13.0. The summed E-state index contributed by atoms with van der Waals surface area (Å²) in [5, 5.41) is 0. The van der Waals surface area contributed by atoms with E-state index in [9.17, 15) is 14.4 Å². The second-order valence-electron chi connectivity index (χ2n) is 10.7. The lowest BCUT2D eigenvalue weighted by Gasteiger charge is -2.14. The van der Waals surface area contributed by atoms with Gasteiger partial charge < -0.3 is 28.4 Å². The number of ether oxygens (including phenoxy) is 6. The van der Waals surface area contributed by atoms with Gasteiger partial charge in [0.1, 0.15) is 5.75 Å². The summed E-state index contributed by atoms with van der Waals surface area (Å²) in [6.45, 7) is 10.3. The van der Waals surface area contributed by atoms with E-state index >= 15 is 0 Å². The van der Waals surface area contributed by atoms with Crippen LogP contribution in [0.5, 0.6) is 34.5 Å². The molecule has 0 radical (unpaired) electrons. The van der Waals surface area contributed by atoms with E-state index in [0.717, 1.165) is 51.4 Å². The third kappa shape index (κ3) is 11.4. The molecule has 0 fully saturated rings. The maximum absolute atomic E-state index is 13.0. The smallest absolute Gasteiger partial charge is 0.343 e. The normalized spacial score (nSPS) is 10.6. The van der Waals surface area contributed by atoms with E-state index < -0.39 is 17.4 Å². The Kier molecular flexibility index (Phi) is 15.4. The Hall–Kier alpha value is -4.53. The molecule has 0 bridgehead atoms. The van der Waals surface area contributed by atoms with Crippen LogP contribution in [0, 0.1) is 0 Å². The van der Waals surface area contributed by atoms with Gasteiger partial charge in [-0.3, -0.25) is 4.79 Å². The highest BCUT2D eigenvalue weighted by atomic mass is 16.5. The summed E-state index contributed by atoms with van der Waals surface area (Å²) < 4.78 is 34.5. The summed E-state index contributed by atoms with van der Waals surface area (Å²) >= 11 is 0. The van der Waals surface area contributed by atoms with Crippen molar-refractivity contribution in [2.24, 2.45) is 0 Å². The fraction of sp³-hybridized carbons (Fsp3) is 0.432. The van der Waals surface area contributed by atoms with E-state index in [1.807, 2.05) is 0 Å². The molecule has 0 heterocycles. The fourth-order valence-electron chi connectivity index (χ4n) is 4.05. The molecular weight excluding hydrogens is 588 g/mol. The second kappa shape index (κ2) is 19.8. The van der Waals surface area contributed by atoms with Crippen LogP contribution in [0.3, 0.4) is 0 Å². The van der Waals surface area contributed by atoms with Gasteiger partial charge in [-0.2, -0.15) is 0 Å². The molecule has 9 heteroatoms. The average molecular weight is 635 g/mol. The van der Waals surface area contributed by atoms with Crippen molar-refractivity contribution in [3.63, 3.8) is 0 Å². The van der Waals surface area contributed by atoms with Gasteiger partial charge in [0.2, 0.25) is 5.43 Å². The highest BCUT2D eigenvalue weighted by Gasteiger charge is 2.17. The minimum absolute atomic E-state index is 0.0984. The van der Waals surface area contributed by atoms with Crippen LogP contribution < -0.4 is 33.8 Å². The van der Waals surface area contributed by atoms with Crippen LogP contribution in [-0.2, 0) is 0 Å². The van der Waals surface area contributed by atoms with E-state index in [4.69, 9.17) is 28.4 Å². The summed E-state index contributed by atoms with van der Waals surface area (Å²) in [6, 6.07) is 14.9. The molecule has 46 heavy (non-hydrogen) atoms. The Morgan fingerprint density at radius 1 is 0.478 bits per heavy atom. The first-order chi connectivity index (χ1) is 22.4. The third-order valence-electron chi connectivity index (χ3n) is 6.83. The molecule has 0 atom stereocenters. The van der Waals surface area contributed by atoms with Gasteiger partial charge in [0.25, 0.3) is 0 Å². The first kappa shape index (κ1) is 35.9. The summed E-state index contributed by atoms with van der Waals surface area (Å²) in [5.41, 5.74) is -0.102. The minimum Gasteiger partial charge on any atom is -0.490 e. The van der Waals surface area contributed by atoms with E-state index in [1.165, 1.54) is 24.3 Å². The topological polar surface area (TPSA) is 107 Å². The summed E-state index contributed by atoms with van der Waals surface area (Å²) in [5.74, 6) is 0.510.